The summed E-state index contributed by atoms with van der Waals surface area (Å²) in [6, 6.07) is 13.3. The van der Waals surface area contributed by atoms with Crippen LogP contribution in [0.15, 0.2) is 53.4 Å². The van der Waals surface area contributed by atoms with E-state index in [2.05, 4.69) is 0 Å². The van der Waals surface area contributed by atoms with E-state index in [4.69, 9.17) is 5.84 Å². The molecule has 0 saturated carbocycles. The molecule has 0 fully saturated rings. The molecule has 6 nitrogen and oxygen atoms in total. The lowest BCUT2D eigenvalue weighted by atomic mass is 10.2. The summed E-state index contributed by atoms with van der Waals surface area (Å²) in [4.78, 5) is 11.8. The van der Waals surface area contributed by atoms with Gasteiger partial charge in [-0.1, -0.05) is 35.4 Å². The highest BCUT2D eigenvalue weighted by Gasteiger charge is 2.26. The third-order valence-electron chi connectivity index (χ3n) is 3.38. The van der Waals surface area contributed by atoms with Crippen LogP contribution in [-0.2, 0) is 14.8 Å². The number of nitrogens with zero attached hydrogens (tertiary/aromatic N) is 1. The minimum absolute atomic E-state index is 0.119. The molecule has 0 saturated heterocycles. The molecule has 0 aliphatic heterocycles. The Morgan fingerprint density at radius 1 is 1.00 bits per heavy atom. The summed E-state index contributed by atoms with van der Waals surface area (Å²) in [6.07, 6.45) is 0. The van der Waals surface area contributed by atoms with Crippen molar-refractivity contribution in [1.29, 1.82) is 0 Å². The van der Waals surface area contributed by atoms with E-state index in [1.165, 1.54) is 12.1 Å². The van der Waals surface area contributed by atoms with Crippen LogP contribution in [0.1, 0.15) is 11.1 Å². The molecule has 2 aromatic rings. The lowest BCUT2D eigenvalue weighted by Crippen LogP contribution is -2.43. The average molecular weight is 333 g/mol. The number of sulfonamides is 1. The Balaban J connectivity index is 2.49. The Kier molecular flexibility index (Phi) is 5.02. The van der Waals surface area contributed by atoms with Gasteiger partial charge in [0.25, 0.3) is 15.9 Å². The Bertz CT molecular complexity index is 784. The maximum absolute atomic E-state index is 12.9. The molecule has 0 spiro atoms. The van der Waals surface area contributed by atoms with E-state index in [1.54, 1.807) is 36.4 Å². The van der Waals surface area contributed by atoms with E-state index < -0.39 is 22.5 Å². The summed E-state index contributed by atoms with van der Waals surface area (Å²) >= 11 is 0. The van der Waals surface area contributed by atoms with Crippen LogP contribution in [0.4, 0.5) is 5.69 Å². The lowest BCUT2D eigenvalue weighted by molar-refractivity contribution is -0.119. The summed E-state index contributed by atoms with van der Waals surface area (Å²) < 4.78 is 26.8. The number of hydrazine groups is 1. The SMILES string of the molecule is Cc1ccc(N(CC(=O)NN)S(=O)(=O)c2ccc(C)cc2)cc1. The van der Waals surface area contributed by atoms with Gasteiger partial charge in [0, 0.05) is 0 Å². The van der Waals surface area contributed by atoms with Crippen LogP contribution in [-0.4, -0.2) is 20.9 Å². The van der Waals surface area contributed by atoms with Crippen molar-refractivity contribution in [3.63, 3.8) is 0 Å². The number of aryl methyl sites for hydroxylation is 2. The van der Waals surface area contributed by atoms with E-state index in [-0.39, 0.29) is 4.90 Å². The number of hydrogen-bond donors (Lipinski definition) is 2. The van der Waals surface area contributed by atoms with Crippen LogP contribution in [0.2, 0.25) is 0 Å². The van der Waals surface area contributed by atoms with Gasteiger partial charge < -0.3 is 0 Å². The normalized spacial score (nSPS) is 11.1. The summed E-state index contributed by atoms with van der Waals surface area (Å²) in [5, 5.41) is 0. The second-order valence-corrected chi connectivity index (χ2v) is 7.09. The summed E-state index contributed by atoms with van der Waals surface area (Å²) in [6.45, 7) is 3.38. The average Bonchev–Trinajstić information content (AvgIpc) is 2.53. The number of hydrogen-bond acceptors (Lipinski definition) is 4. The zero-order valence-electron chi connectivity index (χ0n) is 13.0. The molecule has 122 valence electrons. The molecular formula is C16H19N3O3S. The highest BCUT2D eigenvalue weighted by molar-refractivity contribution is 7.92. The quantitative estimate of drug-likeness (QED) is 0.492. The highest BCUT2D eigenvalue weighted by atomic mass is 32.2. The van der Waals surface area contributed by atoms with E-state index in [0.29, 0.717) is 5.69 Å². The second kappa shape index (κ2) is 6.80. The lowest BCUT2D eigenvalue weighted by Gasteiger charge is -2.24. The summed E-state index contributed by atoms with van der Waals surface area (Å²) in [7, 11) is -3.87. The monoisotopic (exact) mass is 333 g/mol. The first-order valence-electron chi connectivity index (χ1n) is 7.00. The van der Waals surface area contributed by atoms with Crippen molar-refractivity contribution in [2.75, 3.05) is 10.8 Å². The summed E-state index contributed by atoms with van der Waals surface area (Å²) in [5.41, 5.74) is 4.31. The number of nitrogens with one attached hydrogen (secondary N) is 1. The number of anilines is 1. The van der Waals surface area contributed by atoms with Gasteiger partial charge in [-0.25, -0.2) is 14.3 Å². The molecule has 1 amide bonds. The van der Waals surface area contributed by atoms with Gasteiger partial charge in [0.1, 0.15) is 6.54 Å². The number of carbonyl (C=O) groups is 1. The van der Waals surface area contributed by atoms with Crippen LogP contribution in [0.25, 0.3) is 0 Å². The van der Waals surface area contributed by atoms with E-state index in [1.807, 2.05) is 19.3 Å². The van der Waals surface area contributed by atoms with Crippen molar-refractivity contribution < 1.29 is 13.2 Å². The first kappa shape index (κ1) is 17.0. The number of nitrogens with two attached hydrogens (primary N) is 1. The zero-order valence-corrected chi connectivity index (χ0v) is 13.8. The van der Waals surface area contributed by atoms with Gasteiger partial charge in [-0.2, -0.15) is 0 Å². The largest absolute Gasteiger partial charge is 0.293 e. The fourth-order valence-electron chi connectivity index (χ4n) is 2.04. The van der Waals surface area contributed by atoms with Crippen molar-refractivity contribution in [3.8, 4) is 0 Å². The van der Waals surface area contributed by atoms with Crippen LogP contribution in [0.5, 0.6) is 0 Å². The fraction of sp³-hybridized carbons (Fsp3) is 0.188. The second-order valence-electron chi connectivity index (χ2n) is 5.23. The predicted octanol–water partition coefficient (Wildman–Crippen LogP) is 1.49. The van der Waals surface area contributed by atoms with Crippen molar-refractivity contribution in [2.24, 2.45) is 5.84 Å². The maximum Gasteiger partial charge on any atom is 0.264 e. The number of benzene rings is 2. The van der Waals surface area contributed by atoms with E-state index in [0.717, 1.165) is 15.4 Å². The summed E-state index contributed by atoms with van der Waals surface area (Å²) in [5.74, 6) is 4.51. The van der Waals surface area contributed by atoms with Gasteiger partial charge in [0.05, 0.1) is 10.6 Å². The smallest absolute Gasteiger partial charge is 0.264 e. The zero-order chi connectivity index (χ0) is 17.0. The molecule has 23 heavy (non-hydrogen) atoms. The van der Waals surface area contributed by atoms with Crippen LogP contribution in [0.3, 0.4) is 0 Å². The molecule has 0 bridgehead atoms. The van der Waals surface area contributed by atoms with Crippen molar-refractivity contribution >= 4 is 21.6 Å². The molecule has 3 N–H and O–H groups in total. The molecule has 0 aliphatic rings. The molecule has 7 heteroatoms. The fourth-order valence-corrected chi connectivity index (χ4v) is 3.46. The van der Waals surface area contributed by atoms with Crippen molar-refractivity contribution in [3.05, 3.63) is 59.7 Å². The number of rotatable bonds is 5. The van der Waals surface area contributed by atoms with Gasteiger partial charge in [0.2, 0.25) is 0 Å². The minimum Gasteiger partial charge on any atom is -0.293 e. The molecule has 0 atom stereocenters. The molecule has 0 radical (unpaired) electrons. The van der Waals surface area contributed by atoms with Gasteiger partial charge in [0.15, 0.2) is 0 Å². The van der Waals surface area contributed by atoms with Gasteiger partial charge in [-0.05, 0) is 38.1 Å². The van der Waals surface area contributed by atoms with Crippen LogP contribution >= 0.6 is 0 Å². The van der Waals surface area contributed by atoms with Gasteiger partial charge in [-0.3, -0.25) is 14.5 Å². The van der Waals surface area contributed by atoms with Crippen molar-refractivity contribution in [2.45, 2.75) is 18.7 Å². The Hall–Kier alpha value is -2.38. The first-order chi connectivity index (χ1) is 10.8. The Morgan fingerprint density at radius 2 is 1.48 bits per heavy atom. The molecule has 0 aliphatic carbocycles. The molecule has 2 rings (SSSR count). The Labute approximate surface area is 135 Å². The molecule has 0 unspecified atom stereocenters. The third kappa shape index (κ3) is 3.88. The first-order valence-corrected chi connectivity index (χ1v) is 8.44. The van der Waals surface area contributed by atoms with Crippen molar-refractivity contribution in [1.82, 2.24) is 5.43 Å². The topological polar surface area (TPSA) is 92.5 Å². The van der Waals surface area contributed by atoms with E-state index in [9.17, 15) is 13.2 Å². The maximum atomic E-state index is 12.9. The highest BCUT2D eigenvalue weighted by Crippen LogP contribution is 2.24. The predicted molar refractivity (Wildman–Crippen MR) is 89.2 cm³/mol. The molecular weight excluding hydrogens is 314 g/mol. The van der Waals surface area contributed by atoms with Gasteiger partial charge in [-0.15, -0.1) is 0 Å². The Morgan fingerprint density at radius 3 is 1.96 bits per heavy atom. The molecule has 0 heterocycles. The number of carbonyl (C=O) groups excluding carboxylic acids is 1. The van der Waals surface area contributed by atoms with Gasteiger partial charge >= 0.3 is 0 Å². The van der Waals surface area contributed by atoms with Crippen LogP contribution < -0.4 is 15.6 Å². The minimum atomic E-state index is -3.87. The molecule has 2 aromatic carbocycles. The van der Waals surface area contributed by atoms with Crippen LogP contribution in [0, 0.1) is 13.8 Å². The third-order valence-corrected chi connectivity index (χ3v) is 5.17. The molecule has 0 aromatic heterocycles. The number of amides is 1. The van der Waals surface area contributed by atoms with E-state index >= 15 is 0 Å². The standard InChI is InChI=1S/C16H19N3O3S/c1-12-3-7-14(8-4-12)19(11-16(20)18-17)23(21,22)15-9-5-13(2)6-10-15/h3-10H,11,17H2,1-2H3,(H,18,20).